The van der Waals surface area contributed by atoms with Crippen LogP contribution in [0.4, 0.5) is 11.4 Å². The maximum absolute atomic E-state index is 12.7. The lowest BCUT2D eigenvalue weighted by molar-refractivity contribution is 0.101. The molecule has 32 heavy (non-hydrogen) atoms. The largest absolute Gasteiger partial charge is 0.495 e. The van der Waals surface area contributed by atoms with Crippen LogP contribution in [0.5, 0.6) is 17.2 Å². The van der Waals surface area contributed by atoms with E-state index >= 15 is 0 Å². The number of nitrogens with one attached hydrogen (secondary N) is 2. The van der Waals surface area contributed by atoms with Crippen LogP contribution in [0.1, 0.15) is 27.1 Å². The summed E-state index contributed by atoms with van der Waals surface area (Å²) in [6, 6.07) is 16.9. The molecule has 0 bridgehead atoms. The normalized spacial score (nSPS) is 12.4. The van der Waals surface area contributed by atoms with Gasteiger partial charge in [0, 0.05) is 23.2 Å². The third-order valence-corrected chi connectivity index (χ3v) is 5.11. The van der Waals surface area contributed by atoms with Crippen molar-refractivity contribution in [2.24, 2.45) is 0 Å². The molecule has 7 nitrogen and oxygen atoms in total. The van der Waals surface area contributed by atoms with Crippen molar-refractivity contribution < 1.29 is 23.8 Å². The van der Waals surface area contributed by atoms with Crippen LogP contribution in [-0.4, -0.2) is 32.1 Å². The highest BCUT2D eigenvalue weighted by atomic mass is 35.5. The summed E-state index contributed by atoms with van der Waals surface area (Å²) in [4.78, 5) is 25.3. The number of hydrogen-bond acceptors (Lipinski definition) is 5. The van der Waals surface area contributed by atoms with Crippen LogP contribution in [0.15, 0.2) is 60.7 Å². The summed E-state index contributed by atoms with van der Waals surface area (Å²) >= 11 is 6.27. The zero-order valence-electron chi connectivity index (χ0n) is 17.3. The van der Waals surface area contributed by atoms with Crippen LogP contribution in [0.2, 0.25) is 5.02 Å². The molecule has 0 saturated heterocycles. The Bertz CT molecular complexity index is 1150. The SMILES string of the molecule is COc1ccccc1NC(=O)c1ccc(NC(=O)c2cc(Cl)c3c(c2)OCCCO3)cc1. The highest BCUT2D eigenvalue weighted by Gasteiger charge is 2.19. The van der Waals surface area contributed by atoms with E-state index in [1.165, 1.54) is 0 Å². The zero-order valence-corrected chi connectivity index (χ0v) is 18.1. The van der Waals surface area contributed by atoms with Gasteiger partial charge in [0.05, 0.1) is 31.0 Å². The van der Waals surface area contributed by atoms with Crippen LogP contribution >= 0.6 is 11.6 Å². The molecule has 1 heterocycles. The molecular weight excluding hydrogens is 432 g/mol. The number of carbonyl (C=O) groups excluding carboxylic acids is 2. The number of methoxy groups -OCH3 is 1. The van der Waals surface area contributed by atoms with Crippen LogP contribution < -0.4 is 24.8 Å². The molecule has 0 unspecified atom stereocenters. The van der Waals surface area contributed by atoms with Crippen molar-refractivity contribution >= 4 is 34.8 Å². The standard InChI is InChI=1S/C24H21ClN2O5/c1-30-20-6-3-2-5-19(20)27-23(28)15-7-9-17(10-8-15)26-24(29)16-13-18(25)22-21(14-16)31-11-4-12-32-22/h2-3,5-10,13-14H,4,11-12H2,1H3,(H,26,29)(H,27,28). The summed E-state index contributed by atoms with van der Waals surface area (Å²) in [5.41, 5.74) is 1.89. The molecule has 0 saturated carbocycles. The number of ether oxygens (including phenoxy) is 3. The Hall–Kier alpha value is -3.71. The number of hydrogen-bond donors (Lipinski definition) is 2. The van der Waals surface area contributed by atoms with Crippen molar-refractivity contribution in [3.63, 3.8) is 0 Å². The van der Waals surface area contributed by atoms with E-state index < -0.39 is 0 Å². The number of para-hydroxylation sites is 2. The van der Waals surface area contributed by atoms with Crippen molar-refractivity contribution in [2.45, 2.75) is 6.42 Å². The minimum Gasteiger partial charge on any atom is -0.495 e. The van der Waals surface area contributed by atoms with E-state index in [2.05, 4.69) is 10.6 Å². The monoisotopic (exact) mass is 452 g/mol. The van der Waals surface area contributed by atoms with Gasteiger partial charge in [-0.25, -0.2) is 0 Å². The summed E-state index contributed by atoms with van der Waals surface area (Å²) < 4.78 is 16.5. The zero-order chi connectivity index (χ0) is 22.5. The van der Waals surface area contributed by atoms with E-state index in [9.17, 15) is 9.59 Å². The van der Waals surface area contributed by atoms with E-state index in [0.29, 0.717) is 58.0 Å². The first-order chi connectivity index (χ1) is 15.5. The summed E-state index contributed by atoms with van der Waals surface area (Å²) in [6.07, 6.45) is 0.740. The first-order valence-electron chi connectivity index (χ1n) is 10.00. The van der Waals surface area contributed by atoms with Gasteiger partial charge in [-0.05, 0) is 48.5 Å². The minimum absolute atomic E-state index is 0.290. The van der Waals surface area contributed by atoms with E-state index in [4.69, 9.17) is 25.8 Å². The van der Waals surface area contributed by atoms with E-state index in [1.807, 2.05) is 12.1 Å². The highest BCUT2D eigenvalue weighted by Crippen LogP contribution is 2.38. The van der Waals surface area contributed by atoms with Crippen LogP contribution in [0.3, 0.4) is 0 Å². The third-order valence-electron chi connectivity index (χ3n) is 4.82. The lowest BCUT2D eigenvalue weighted by Gasteiger charge is -2.12. The van der Waals surface area contributed by atoms with Crippen molar-refractivity contribution in [3.8, 4) is 17.2 Å². The second-order valence-corrected chi connectivity index (χ2v) is 7.43. The van der Waals surface area contributed by atoms with Crippen molar-refractivity contribution in [3.05, 3.63) is 76.8 Å². The summed E-state index contributed by atoms with van der Waals surface area (Å²) in [5, 5.41) is 5.93. The topological polar surface area (TPSA) is 85.9 Å². The Morgan fingerprint density at radius 1 is 0.906 bits per heavy atom. The Kier molecular flexibility index (Phi) is 6.47. The Morgan fingerprint density at radius 3 is 2.41 bits per heavy atom. The van der Waals surface area contributed by atoms with Gasteiger partial charge in [0.1, 0.15) is 5.75 Å². The second-order valence-electron chi connectivity index (χ2n) is 7.02. The fraction of sp³-hybridized carbons (Fsp3) is 0.167. The van der Waals surface area contributed by atoms with Gasteiger partial charge >= 0.3 is 0 Å². The first-order valence-corrected chi connectivity index (χ1v) is 10.4. The predicted octanol–water partition coefficient (Wildman–Crippen LogP) is 5.01. The van der Waals surface area contributed by atoms with Gasteiger partial charge in [0.2, 0.25) is 0 Å². The van der Waals surface area contributed by atoms with E-state index in [0.717, 1.165) is 6.42 Å². The number of carbonyl (C=O) groups is 2. The van der Waals surface area contributed by atoms with Gasteiger partial charge in [0.25, 0.3) is 11.8 Å². The van der Waals surface area contributed by atoms with Gasteiger partial charge in [-0.3, -0.25) is 9.59 Å². The average Bonchev–Trinajstić information content (AvgIpc) is 3.06. The van der Waals surface area contributed by atoms with Crippen molar-refractivity contribution in [1.29, 1.82) is 0 Å². The summed E-state index contributed by atoms with van der Waals surface area (Å²) in [6.45, 7) is 1.00. The number of rotatable bonds is 5. The van der Waals surface area contributed by atoms with Gasteiger partial charge in [-0.15, -0.1) is 0 Å². The second kappa shape index (κ2) is 9.62. The van der Waals surface area contributed by atoms with Gasteiger partial charge in [0.15, 0.2) is 11.5 Å². The maximum Gasteiger partial charge on any atom is 0.255 e. The predicted molar refractivity (Wildman–Crippen MR) is 122 cm³/mol. The molecule has 0 spiro atoms. The highest BCUT2D eigenvalue weighted by molar-refractivity contribution is 6.32. The maximum atomic E-state index is 12.7. The molecule has 1 aliphatic heterocycles. The molecule has 0 aromatic heterocycles. The first kappa shape index (κ1) is 21.5. The number of fused-ring (bicyclic) bond motifs is 1. The lowest BCUT2D eigenvalue weighted by Crippen LogP contribution is -2.14. The molecule has 2 N–H and O–H groups in total. The fourth-order valence-corrected chi connectivity index (χ4v) is 3.48. The van der Waals surface area contributed by atoms with Gasteiger partial charge < -0.3 is 24.8 Å². The van der Waals surface area contributed by atoms with Crippen LogP contribution in [0.25, 0.3) is 0 Å². The minimum atomic E-state index is -0.353. The number of amides is 2. The summed E-state index contributed by atoms with van der Waals surface area (Å²) in [7, 11) is 1.54. The molecule has 3 aromatic carbocycles. The molecule has 0 radical (unpaired) electrons. The molecule has 2 amide bonds. The third kappa shape index (κ3) is 4.78. The molecule has 8 heteroatoms. The average molecular weight is 453 g/mol. The lowest BCUT2D eigenvalue weighted by atomic mass is 10.1. The molecule has 0 atom stereocenters. The Morgan fingerprint density at radius 2 is 1.62 bits per heavy atom. The van der Waals surface area contributed by atoms with Crippen molar-refractivity contribution in [1.82, 2.24) is 0 Å². The quantitative estimate of drug-likeness (QED) is 0.568. The Balaban J connectivity index is 1.44. The molecule has 1 aliphatic rings. The number of benzene rings is 3. The summed E-state index contributed by atoms with van der Waals surface area (Å²) in [5.74, 6) is 0.823. The molecule has 4 rings (SSSR count). The van der Waals surface area contributed by atoms with Gasteiger partial charge in [-0.2, -0.15) is 0 Å². The Labute approximate surface area is 190 Å². The molecule has 164 valence electrons. The molecule has 0 aliphatic carbocycles. The molecule has 0 fully saturated rings. The molecular formula is C24H21ClN2O5. The van der Waals surface area contributed by atoms with E-state index in [1.54, 1.807) is 55.6 Å². The molecule has 3 aromatic rings. The van der Waals surface area contributed by atoms with Crippen LogP contribution in [0, 0.1) is 0 Å². The van der Waals surface area contributed by atoms with Crippen LogP contribution in [-0.2, 0) is 0 Å². The fourth-order valence-electron chi connectivity index (χ4n) is 3.21. The number of halogens is 1. The van der Waals surface area contributed by atoms with Crippen molar-refractivity contribution in [2.75, 3.05) is 31.0 Å². The smallest absolute Gasteiger partial charge is 0.255 e. The number of anilines is 2. The van der Waals surface area contributed by atoms with Gasteiger partial charge in [-0.1, -0.05) is 23.7 Å². The van der Waals surface area contributed by atoms with E-state index in [-0.39, 0.29) is 11.8 Å².